The summed E-state index contributed by atoms with van der Waals surface area (Å²) in [5.41, 5.74) is 4.62. The van der Waals surface area contributed by atoms with Gasteiger partial charge >= 0.3 is 5.97 Å². The zero-order valence-electron chi connectivity index (χ0n) is 17.5. The summed E-state index contributed by atoms with van der Waals surface area (Å²) in [7, 11) is 4.16. The van der Waals surface area contributed by atoms with E-state index in [0.29, 0.717) is 11.4 Å². The maximum Gasteiger partial charge on any atom is 0.360 e. The predicted octanol–water partition coefficient (Wildman–Crippen LogP) is 3.17. The summed E-state index contributed by atoms with van der Waals surface area (Å²) in [4.78, 5) is 26.3. The molecule has 0 aliphatic heterocycles. The lowest BCUT2D eigenvalue weighted by Gasteiger charge is -2.14. The molecule has 0 radical (unpaired) electrons. The number of methoxy groups -OCH3 is 1. The van der Waals surface area contributed by atoms with E-state index in [2.05, 4.69) is 15.3 Å². The van der Waals surface area contributed by atoms with Crippen LogP contribution in [0.1, 0.15) is 34.9 Å². The third-order valence-corrected chi connectivity index (χ3v) is 4.17. The van der Waals surface area contributed by atoms with Crippen LogP contribution < -0.4 is 4.74 Å². The molecule has 154 valence electrons. The van der Waals surface area contributed by atoms with Gasteiger partial charge in [0.1, 0.15) is 20.8 Å². The van der Waals surface area contributed by atoms with E-state index in [4.69, 9.17) is 19.1 Å². The van der Waals surface area contributed by atoms with E-state index in [1.807, 2.05) is 39.0 Å². The first-order valence-corrected chi connectivity index (χ1v) is 8.89. The topological polar surface area (TPSA) is 91.6 Å². The highest BCUT2D eigenvalue weighted by atomic mass is 16.6. The zero-order valence-corrected chi connectivity index (χ0v) is 17.5. The fraction of sp³-hybridized carbons (Fsp3) is 0.333. The molecule has 0 aliphatic rings. The number of carbonyl (C=O) groups is 1. The molecule has 1 aromatic heterocycles. The zero-order chi connectivity index (χ0) is 21.4. The Morgan fingerprint density at radius 2 is 1.72 bits per heavy atom. The number of esters is 1. The minimum atomic E-state index is -0.596. The van der Waals surface area contributed by atoms with E-state index in [-0.39, 0.29) is 12.3 Å². The predicted molar refractivity (Wildman–Crippen MR) is 109 cm³/mol. The van der Waals surface area contributed by atoms with Crippen molar-refractivity contribution in [1.82, 2.24) is 4.98 Å². The minimum Gasteiger partial charge on any atom is -0.473 e. The average Bonchev–Trinajstić information content (AvgIpc) is 2.72. The van der Waals surface area contributed by atoms with Gasteiger partial charge in [-0.3, -0.25) is 0 Å². The molecular weight excluding hydrogens is 374 g/mol. The first-order valence-electron chi connectivity index (χ1n) is 8.89. The van der Waals surface area contributed by atoms with Crippen molar-refractivity contribution < 1.29 is 23.9 Å². The fourth-order valence-electron chi connectivity index (χ4n) is 2.79. The van der Waals surface area contributed by atoms with Gasteiger partial charge in [-0.1, -0.05) is 34.6 Å². The molecule has 29 heavy (non-hydrogen) atoms. The molecule has 0 N–H and O–H groups in total. The van der Waals surface area contributed by atoms with Crippen molar-refractivity contribution >= 4 is 17.4 Å². The van der Waals surface area contributed by atoms with Gasteiger partial charge in [0.2, 0.25) is 5.88 Å². The molecule has 0 saturated heterocycles. The summed E-state index contributed by atoms with van der Waals surface area (Å²) in [5.74, 6) is -0.101. The smallest absolute Gasteiger partial charge is 0.360 e. The van der Waals surface area contributed by atoms with Crippen LogP contribution in [0.2, 0.25) is 0 Å². The summed E-state index contributed by atoms with van der Waals surface area (Å²) < 4.78 is 10.8. The van der Waals surface area contributed by atoms with Gasteiger partial charge in [0.05, 0.1) is 18.5 Å². The number of aryl methyl sites for hydroxylation is 2. The first kappa shape index (κ1) is 21.9. The standard InChI is InChI=1S/C21H25N3O5/c1-13-11-18(15(3)23-27-5)14(2)22-20(13)29-12-16-9-7-8-10-17(16)19(24-28-6)21(25)26-4/h7-11H,12H2,1-6H3/b23-15-,24-19+. The largest absolute Gasteiger partial charge is 0.473 e. The van der Waals surface area contributed by atoms with Gasteiger partial charge in [-0.25, -0.2) is 9.78 Å². The highest BCUT2D eigenvalue weighted by molar-refractivity contribution is 6.43. The van der Waals surface area contributed by atoms with Crippen molar-refractivity contribution in [2.45, 2.75) is 27.4 Å². The molecule has 0 fully saturated rings. The summed E-state index contributed by atoms with van der Waals surface area (Å²) >= 11 is 0. The number of pyridine rings is 1. The van der Waals surface area contributed by atoms with Crippen LogP contribution in [-0.4, -0.2) is 43.7 Å². The Morgan fingerprint density at radius 1 is 1.03 bits per heavy atom. The van der Waals surface area contributed by atoms with Gasteiger partial charge in [-0.15, -0.1) is 0 Å². The van der Waals surface area contributed by atoms with E-state index in [1.54, 1.807) is 12.1 Å². The first-order chi connectivity index (χ1) is 13.9. The molecule has 8 nitrogen and oxygen atoms in total. The average molecular weight is 399 g/mol. The molecule has 0 saturated carbocycles. The molecule has 1 heterocycles. The number of hydrogen-bond donors (Lipinski definition) is 0. The summed E-state index contributed by atoms with van der Waals surface area (Å²) in [5, 5.41) is 7.77. The molecule has 2 rings (SSSR count). The molecular formula is C21H25N3O5. The van der Waals surface area contributed by atoms with Gasteiger partial charge in [-0.05, 0) is 32.4 Å². The molecule has 2 aromatic rings. The molecule has 0 aliphatic carbocycles. The minimum absolute atomic E-state index is 0.0665. The number of ether oxygens (including phenoxy) is 2. The van der Waals surface area contributed by atoms with Gasteiger partial charge < -0.3 is 19.1 Å². The van der Waals surface area contributed by atoms with Crippen molar-refractivity contribution in [3.8, 4) is 5.88 Å². The van der Waals surface area contributed by atoms with E-state index < -0.39 is 5.97 Å². The van der Waals surface area contributed by atoms with Crippen molar-refractivity contribution in [2.75, 3.05) is 21.3 Å². The molecule has 0 atom stereocenters. The van der Waals surface area contributed by atoms with Crippen LogP contribution >= 0.6 is 0 Å². The second-order valence-corrected chi connectivity index (χ2v) is 6.16. The number of oxime groups is 2. The molecule has 0 amide bonds. The lowest BCUT2D eigenvalue weighted by Crippen LogP contribution is -2.20. The lowest BCUT2D eigenvalue weighted by molar-refractivity contribution is -0.132. The van der Waals surface area contributed by atoms with Crippen LogP contribution in [-0.2, 0) is 25.8 Å². The quantitative estimate of drug-likeness (QED) is 0.385. The van der Waals surface area contributed by atoms with E-state index in [1.165, 1.54) is 21.3 Å². The van der Waals surface area contributed by atoms with Gasteiger partial charge in [0, 0.05) is 16.7 Å². The van der Waals surface area contributed by atoms with Gasteiger partial charge in [0.15, 0.2) is 5.71 Å². The Bertz CT molecular complexity index is 938. The van der Waals surface area contributed by atoms with Crippen LogP contribution in [0.15, 0.2) is 40.6 Å². The Kier molecular flexibility index (Phi) is 7.70. The second-order valence-electron chi connectivity index (χ2n) is 6.16. The maximum atomic E-state index is 12.1. The molecule has 8 heteroatoms. The normalized spacial score (nSPS) is 11.8. The van der Waals surface area contributed by atoms with Gasteiger partial charge in [-0.2, -0.15) is 0 Å². The third kappa shape index (κ3) is 5.31. The Balaban J connectivity index is 2.32. The highest BCUT2D eigenvalue weighted by Gasteiger charge is 2.19. The number of rotatable bonds is 8. The van der Waals surface area contributed by atoms with Crippen LogP contribution in [0.4, 0.5) is 0 Å². The summed E-state index contributed by atoms with van der Waals surface area (Å²) in [6, 6.07) is 9.20. The second kappa shape index (κ2) is 10.2. The fourth-order valence-corrected chi connectivity index (χ4v) is 2.79. The number of benzene rings is 1. The van der Waals surface area contributed by atoms with Crippen molar-refractivity contribution in [1.29, 1.82) is 0 Å². The van der Waals surface area contributed by atoms with Crippen LogP contribution in [0.5, 0.6) is 5.88 Å². The summed E-state index contributed by atoms with van der Waals surface area (Å²) in [6.45, 7) is 5.83. The number of nitrogens with zero attached hydrogens (tertiary/aromatic N) is 3. The number of carbonyl (C=O) groups excluding carboxylic acids is 1. The third-order valence-electron chi connectivity index (χ3n) is 4.17. The maximum absolute atomic E-state index is 12.1. The molecule has 1 aromatic carbocycles. The Hall–Kier alpha value is -3.42. The van der Waals surface area contributed by atoms with E-state index >= 15 is 0 Å². The highest BCUT2D eigenvalue weighted by Crippen LogP contribution is 2.22. The van der Waals surface area contributed by atoms with Gasteiger partial charge in [0.25, 0.3) is 0 Å². The number of aromatic nitrogens is 1. The Morgan fingerprint density at radius 3 is 2.38 bits per heavy atom. The van der Waals surface area contributed by atoms with Crippen molar-refractivity contribution in [3.63, 3.8) is 0 Å². The molecule has 0 spiro atoms. The van der Waals surface area contributed by atoms with E-state index in [9.17, 15) is 4.79 Å². The molecule has 0 unspecified atom stereocenters. The SMILES string of the molecule is CO/N=C(/C)c1cc(C)c(OCc2ccccc2/C(=N\OC)C(=O)OC)nc1C. The van der Waals surface area contributed by atoms with Crippen LogP contribution in [0.25, 0.3) is 0 Å². The summed E-state index contributed by atoms with van der Waals surface area (Å²) in [6.07, 6.45) is 0. The van der Waals surface area contributed by atoms with Crippen LogP contribution in [0.3, 0.4) is 0 Å². The monoisotopic (exact) mass is 399 g/mol. The van der Waals surface area contributed by atoms with E-state index in [0.717, 1.165) is 28.1 Å². The Labute approximate surface area is 170 Å². The van der Waals surface area contributed by atoms with Crippen molar-refractivity contribution in [2.24, 2.45) is 10.3 Å². The van der Waals surface area contributed by atoms with Crippen LogP contribution in [0, 0.1) is 13.8 Å². The lowest BCUT2D eigenvalue weighted by atomic mass is 10.0. The number of hydrogen-bond acceptors (Lipinski definition) is 8. The van der Waals surface area contributed by atoms with Crippen molar-refractivity contribution in [3.05, 3.63) is 58.3 Å². The molecule has 0 bridgehead atoms.